The van der Waals surface area contributed by atoms with Crippen LogP contribution in [0.2, 0.25) is 0 Å². The van der Waals surface area contributed by atoms with Gasteiger partial charge in [-0.2, -0.15) is 0 Å². The summed E-state index contributed by atoms with van der Waals surface area (Å²) in [6, 6.07) is 8.84. The number of benzene rings is 1. The van der Waals surface area contributed by atoms with E-state index in [0.717, 1.165) is 6.42 Å². The van der Waals surface area contributed by atoms with Gasteiger partial charge in [-0.1, -0.05) is 43.7 Å². The number of rotatable bonds is 6. The molecule has 0 saturated heterocycles. The van der Waals surface area contributed by atoms with Crippen LogP contribution in [0, 0.1) is 10.1 Å². The first kappa shape index (κ1) is 13.1. The number of nitrogens with zero attached hydrogens (tertiary/aromatic N) is 1. The van der Waals surface area contributed by atoms with Crippen LogP contribution in [0.4, 0.5) is 0 Å². The monoisotopic (exact) mass is 233 g/mol. The summed E-state index contributed by atoms with van der Waals surface area (Å²) in [4.78, 5) is 21.9. The Kier molecular flexibility index (Phi) is 5.07. The van der Waals surface area contributed by atoms with Gasteiger partial charge in [0.1, 0.15) is 0 Å². The summed E-state index contributed by atoms with van der Waals surface area (Å²) in [5, 5.41) is 10.8. The van der Waals surface area contributed by atoms with Gasteiger partial charge in [0.2, 0.25) is 5.78 Å². The van der Waals surface area contributed by atoms with E-state index in [4.69, 9.17) is 0 Å². The summed E-state index contributed by atoms with van der Waals surface area (Å²) in [6.45, 7) is 1.94. The van der Waals surface area contributed by atoms with E-state index in [1.54, 1.807) is 24.3 Å². The van der Waals surface area contributed by atoms with Crippen LogP contribution in [0.5, 0.6) is 0 Å². The zero-order valence-electron chi connectivity index (χ0n) is 9.76. The largest absolute Gasteiger partial charge is 0.312 e. The highest BCUT2D eigenvalue weighted by atomic mass is 16.6. The Morgan fingerprint density at radius 3 is 2.53 bits per heavy atom. The van der Waals surface area contributed by atoms with Crippen molar-refractivity contribution in [3.63, 3.8) is 0 Å². The molecule has 0 unspecified atom stereocenters. The van der Waals surface area contributed by atoms with E-state index in [1.165, 1.54) is 6.08 Å². The number of hydrogen-bond acceptors (Lipinski definition) is 3. The quantitative estimate of drug-likeness (QED) is 0.431. The average molecular weight is 233 g/mol. The number of nitro groups is 1. The summed E-state index contributed by atoms with van der Waals surface area (Å²) < 4.78 is 0. The van der Waals surface area contributed by atoms with Crippen molar-refractivity contribution >= 4 is 11.9 Å². The van der Waals surface area contributed by atoms with E-state index in [2.05, 4.69) is 0 Å². The first-order chi connectivity index (χ1) is 8.15. The molecule has 4 nitrogen and oxygen atoms in total. The fourth-order valence-electron chi connectivity index (χ4n) is 1.41. The molecular weight excluding hydrogens is 218 g/mol. The molecule has 1 aromatic rings. The van der Waals surface area contributed by atoms with Crippen molar-refractivity contribution < 1.29 is 9.72 Å². The number of carbonyl (C=O) groups is 1. The molecule has 0 amide bonds. The second-order valence-corrected chi connectivity index (χ2v) is 3.72. The number of unbranched alkanes of at least 4 members (excludes halogenated alkanes) is 1. The van der Waals surface area contributed by atoms with Gasteiger partial charge in [-0.05, 0) is 12.0 Å². The summed E-state index contributed by atoms with van der Waals surface area (Å²) in [7, 11) is 0. The van der Waals surface area contributed by atoms with E-state index in [0.29, 0.717) is 12.0 Å². The van der Waals surface area contributed by atoms with Crippen molar-refractivity contribution in [2.24, 2.45) is 0 Å². The fraction of sp³-hybridized carbons (Fsp3) is 0.308. The molecule has 90 valence electrons. The van der Waals surface area contributed by atoms with Gasteiger partial charge in [0.25, 0.3) is 0 Å². The molecule has 4 heteroatoms. The summed E-state index contributed by atoms with van der Waals surface area (Å²) in [5.41, 5.74) is 0.341. The van der Waals surface area contributed by atoms with Crippen molar-refractivity contribution in [1.29, 1.82) is 0 Å². The Hall–Kier alpha value is -1.97. The SMILES string of the molecule is CCCCC(=O)/C(=C/c1ccccc1)[N+](=O)[O-]. The zero-order chi connectivity index (χ0) is 12.7. The van der Waals surface area contributed by atoms with Crippen LogP contribution in [0.25, 0.3) is 6.08 Å². The molecule has 0 heterocycles. The Labute approximate surface area is 100 Å². The molecule has 17 heavy (non-hydrogen) atoms. The Morgan fingerprint density at radius 1 is 1.35 bits per heavy atom. The van der Waals surface area contributed by atoms with Gasteiger partial charge in [0.05, 0.1) is 4.92 Å². The topological polar surface area (TPSA) is 60.2 Å². The minimum Gasteiger partial charge on any atom is -0.287 e. The van der Waals surface area contributed by atoms with Crippen LogP contribution < -0.4 is 0 Å². The number of Topliss-reactive ketones (excluding diaryl/α,β-unsaturated/α-hetero) is 1. The Morgan fingerprint density at radius 2 is 2.00 bits per heavy atom. The van der Waals surface area contributed by atoms with Crippen molar-refractivity contribution in [3.8, 4) is 0 Å². The normalized spacial score (nSPS) is 11.2. The van der Waals surface area contributed by atoms with Gasteiger partial charge in [0.15, 0.2) is 0 Å². The molecule has 0 N–H and O–H groups in total. The molecule has 0 spiro atoms. The first-order valence-corrected chi connectivity index (χ1v) is 5.59. The van der Waals surface area contributed by atoms with E-state index in [-0.39, 0.29) is 12.1 Å². The molecular formula is C13H15NO3. The fourth-order valence-corrected chi connectivity index (χ4v) is 1.41. The highest BCUT2D eigenvalue weighted by Gasteiger charge is 2.20. The van der Waals surface area contributed by atoms with Crippen LogP contribution >= 0.6 is 0 Å². The summed E-state index contributed by atoms with van der Waals surface area (Å²) in [6.07, 6.45) is 3.09. The van der Waals surface area contributed by atoms with Gasteiger partial charge >= 0.3 is 5.70 Å². The lowest BCUT2D eigenvalue weighted by molar-refractivity contribution is -0.417. The predicted octanol–water partition coefficient (Wildman–Crippen LogP) is 3.06. The van der Waals surface area contributed by atoms with E-state index in [9.17, 15) is 14.9 Å². The lowest BCUT2D eigenvalue weighted by Crippen LogP contribution is -2.10. The molecule has 1 rings (SSSR count). The zero-order valence-corrected chi connectivity index (χ0v) is 9.76. The molecule has 0 saturated carbocycles. The third kappa shape index (κ3) is 4.18. The highest BCUT2D eigenvalue weighted by Crippen LogP contribution is 2.11. The van der Waals surface area contributed by atoms with Crippen LogP contribution in [0.15, 0.2) is 36.0 Å². The first-order valence-electron chi connectivity index (χ1n) is 5.59. The minimum absolute atomic E-state index is 0.232. The second kappa shape index (κ2) is 6.58. The minimum atomic E-state index is -0.606. The maximum Gasteiger partial charge on any atom is 0.312 e. The second-order valence-electron chi connectivity index (χ2n) is 3.72. The van der Waals surface area contributed by atoms with Crippen molar-refractivity contribution in [3.05, 3.63) is 51.7 Å². The summed E-state index contributed by atoms with van der Waals surface area (Å²) in [5.74, 6) is -0.402. The number of hydrogen-bond donors (Lipinski definition) is 0. The lowest BCUT2D eigenvalue weighted by atomic mass is 10.1. The van der Waals surface area contributed by atoms with Gasteiger partial charge in [0, 0.05) is 12.5 Å². The molecule has 0 fully saturated rings. The molecule has 0 aliphatic rings. The molecule has 1 aromatic carbocycles. The van der Waals surface area contributed by atoms with Crippen LogP contribution in [0.1, 0.15) is 31.7 Å². The third-order valence-electron chi connectivity index (χ3n) is 2.34. The van der Waals surface area contributed by atoms with Crippen LogP contribution in [-0.2, 0) is 4.79 Å². The summed E-state index contributed by atoms with van der Waals surface area (Å²) >= 11 is 0. The lowest BCUT2D eigenvalue weighted by Gasteiger charge is -1.98. The van der Waals surface area contributed by atoms with Crippen LogP contribution in [0.3, 0.4) is 0 Å². The van der Waals surface area contributed by atoms with Crippen molar-refractivity contribution in [2.75, 3.05) is 0 Å². The molecule has 0 radical (unpaired) electrons. The maximum atomic E-state index is 11.6. The third-order valence-corrected chi connectivity index (χ3v) is 2.34. The molecule has 0 atom stereocenters. The van der Waals surface area contributed by atoms with Crippen molar-refractivity contribution in [2.45, 2.75) is 26.2 Å². The van der Waals surface area contributed by atoms with Gasteiger partial charge in [-0.3, -0.25) is 14.9 Å². The predicted molar refractivity (Wildman–Crippen MR) is 65.9 cm³/mol. The van der Waals surface area contributed by atoms with E-state index >= 15 is 0 Å². The number of allylic oxidation sites excluding steroid dienone is 1. The smallest absolute Gasteiger partial charge is 0.287 e. The maximum absolute atomic E-state index is 11.6. The van der Waals surface area contributed by atoms with E-state index < -0.39 is 10.7 Å². The Bertz CT molecular complexity index is 424. The van der Waals surface area contributed by atoms with Gasteiger partial charge < -0.3 is 0 Å². The molecule has 0 bridgehead atoms. The van der Waals surface area contributed by atoms with E-state index in [1.807, 2.05) is 13.0 Å². The average Bonchev–Trinajstić information content (AvgIpc) is 2.34. The molecule has 0 aliphatic carbocycles. The number of carbonyl (C=O) groups excluding carboxylic acids is 1. The Balaban J connectivity index is 2.90. The van der Waals surface area contributed by atoms with Crippen LogP contribution in [-0.4, -0.2) is 10.7 Å². The highest BCUT2D eigenvalue weighted by molar-refractivity contribution is 5.97. The van der Waals surface area contributed by atoms with Gasteiger partial charge in [-0.25, -0.2) is 0 Å². The molecule has 0 aliphatic heterocycles. The molecule has 0 aromatic heterocycles. The standard InChI is InChI=1S/C13H15NO3/c1-2-3-9-13(15)12(14(16)17)10-11-7-5-4-6-8-11/h4-8,10H,2-3,9H2,1H3/b12-10-. The van der Waals surface area contributed by atoms with Crippen molar-refractivity contribution in [1.82, 2.24) is 0 Å². The van der Waals surface area contributed by atoms with Gasteiger partial charge in [-0.15, -0.1) is 0 Å². The number of ketones is 1.